The highest BCUT2D eigenvalue weighted by Gasteiger charge is 2.12. The highest BCUT2D eigenvalue weighted by molar-refractivity contribution is 6.05. The van der Waals surface area contributed by atoms with Crippen molar-refractivity contribution < 1.29 is 14.3 Å². The maximum absolute atomic E-state index is 12.1. The monoisotopic (exact) mass is 257 g/mol. The van der Waals surface area contributed by atoms with Gasteiger partial charge in [0.1, 0.15) is 5.69 Å². The number of amides is 1. The van der Waals surface area contributed by atoms with Crippen LogP contribution in [0.3, 0.4) is 0 Å². The zero-order chi connectivity index (χ0) is 13.2. The molecule has 3 N–H and O–H groups in total. The van der Waals surface area contributed by atoms with E-state index in [0.29, 0.717) is 22.5 Å². The van der Waals surface area contributed by atoms with Crippen molar-refractivity contribution in [2.24, 2.45) is 0 Å². The summed E-state index contributed by atoms with van der Waals surface area (Å²) >= 11 is 0. The van der Waals surface area contributed by atoms with Gasteiger partial charge in [-0.1, -0.05) is 0 Å². The molecule has 3 rings (SSSR count). The number of nitrogens with zero attached hydrogens (tertiary/aromatic N) is 1. The highest BCUT2D eigenvalue weighted by atomic mass is 16.3. The van der Waals surface area contributed by atoms with Gasteiger partial charge in [0.25, 0.3) is 5.91 Å². The van der Waals surface area contributed by atoms with E-state index in [0.717, 1.165) is 5.52 Å². The number of anilines is 1. The molecule has 0 aliphatic carbocycles. The number of nitrogens with one attached hydrogen (secondary N) is 2. The number of rotatable bonds is 3. The van der Waals surface area contributed by atoms with Gasteiger partial charge in [-0.15, -0.1) is 0 Å². The summed E-state index contributed by atoms with van der Waals surface area (Å²) < 4.78 is 5.18. The van der Waals surface area contributed by atoms with Crippen molar-refractivity contribution in [3.05, 3.63) is 48.1 Å². The van der Waals surface area contributed by atoms with Crippen LogP contribution >= 0.6 is 0 Å². The van der Waals surface area contributed by atoms with E-state index in [1.54, 1.807) is 30.7 Å². The number of hydrogen-bond donors (Lipinski definition) is 3. The maximum atomic E-state index is 12.1. The fraction of sp³-hybridized carbons (Fsp3) is 0.0769. The van der Waals surface area contributed by atoms with Crippen LogP contribution in [0.5, 0.6) is 0 Å². The molecule has 19 heavy (non-hydrogen) atoms. The summed E-state index contributed by atoms with van der Waals surface area (Å²) in [5, 5.41) is 11.9. The first-order valence-electron chi connectivity index (χ1n) is 5.69. The van der Waals surface area contributed by atoms with Gasteiger partial charge in [0.05, 0.1) is 30.3 Å². The molecule has 0 aliphatic heterocycles. The molecular formula is C13H11N3O3. The highest BCUT2D eigenvalue weighted by Crippen LogP contribution is 2.18. The summed E-state index contributed by atoms with van der Waals surface area (Å²) in [6, 6.07) is 5.02. The van der Waals surface area contributed by atoms with Crippen molar-refractivity contribution >= 4 is 22.7 Å². The second-order valence-corrected chi connectivity index (χ2v) is 4.03. The Bertz CT molecular complexity index is 701. The standard InChI is InChI=1S/C13H11N3O3/c17-7-8-1-3-14-6-11(8)16-13(18)10-5-12-9(15-10)2-4-19-12/h1-6,15,17H,7H2,(H,16,18). The number of furan rings is 1. The third kappa shape index (κ3) is 2.09. The van der Waals surface area contributed by atoms with Crippen molar-refractivity contribution in [1.82, 2.24) is 9.97 Å². The normalized spacial score (nSPS) is 10.8. The van der Waals surface area contributed by atoms with Crippen molar-refractivity contribution in [1.29, 1.82) is 0 Å². The predicted molar refractivity (Wildman–Crippen MR) is 68.7 cm³/mol. The van der Waals surface area contributed by atoms with Crippen LogP contribution in [0.15, 0.2) is 41.3 Å². The van der Waals surface area contributed by atoms with Gasteiger partial charge in [0.2, 0.25) is 0 Å². The van der Waals surface area contributed by atoms with Crippen molar-refractivity contribution in [3.63, 3.8) is 0 Å². The Kier molecular flexibility index (Phi) is 2.77. The number of carbonyl (C=O) groups excluding carboxylic acids is 1. The van der Waals surface area contributed by atoms with E-state index in [1.165, 1.54) is 6.20 Å². The largest absolute Gasteiger partial charge is 0.463 e. The molecular weight excluding hydrogens is 246 g/mol. The summed E-state index contributed by atoms with van der Waals surface area (Å²) in [6.07, 6.45) is 4.60. The topological polar surface area (TPSA) is 91.2 Å². The van der Waals surface area contributed by atoms with Crippen molar-refractivity contribution in [3.8, 4) is 0 Å². The van der Waals surface area contributed by atoms with E-state index in [4.69, 9.17) is 4.42 Å². The maximum Gasteiger partial charge on any atom is 0.272 e. The molecule has 0 fully saturated rings. The predicted octanol–water partition coefficient (Wildman–Crippen LogP) is 1.90. The summed E-state index contributed by atoms with van der Waals surface area (Å²) in [5.41, 5.74) is 2.87. The number of carbonyl (C=O) groups is 1. The quantitative estimate of drug-likeness (QED) is 0.668. The third-order valence-electron chi connectivity index (χ3n) is 2.81. The molecule has 0 aromatic carbocycles. The fourth-order valence-corrected chi connectivity index (χ4v) is 1.83. The molecule has 0 spiro atoms. The lowest BCUT2D eigenvalue weighted by atomic mass is 10.2. The molecule has 3 heterocycles. The number of aromatic amines is 1. The van der Waals surface area contributed by atoms with Gasteiger partial charge < -0.3 is 19.8 Å². The van der Waals surface area contributed by atoms with Gasteiger partial charge >= 0.3 is 0 Å². The van der Waals surface area contributed by atoms with E-state index >= 15 is 0 Å². The average molecular weight is 257 g/mol. The minimum atomic E-state index is -0.311. The van der Waals surface area contributed by atoms with Gasteiger partial charge in [-0.2, -0.15) is 0 Å². The van der Waals surface area contributed by atoms with Gasteiger partial charge in [-0.25, -0.2) is 0 Å². The molecule has 3 aromatic rings. The van der Waals surface area contributed by atoms with Crippen molar-refractivity contribution in [2.75, 3.05) is 5.32 Å². The van der Waals surface area contributed by atoms with Crippen LogP contribution in [0.1, 0.15) is 16.1 Å². The number of aliphatic hydroxyl groups is 1. The molecule has 3 aromatic heterocycles. The zero-order valence-corrected chi connectivity index (χ0v) is 9.88. The van der Waals surface area contributed by atoms with Gasteiger partial charge in [-0.3, -0.25) is 9.78 Å². The summed E-state index contributed by atoms with van der Waals surface area (Å²) in [7, 11) is 0. The Hall–Kier alpha value is -2.60. The van der Waals surface area contributed by atoms with E-state index in [9.17, 15) is 9.90 Å². The van der Waals surface area contributed by atoms with E-state index in [1.807, 2.05) is 0 Å². The lowest BCUT2D eigenvalue weighted by Gasteiger charge is -2.07. The van der Waals surface area contributed by atoms with Crippen LogP contribution in [-0.2, 0) is 6.61 Å². The molecule has 0 saturated carbocycles. The van der Waals surface area contributed by atoms with Crippen LogP contribution < -0.4 is 5.32 Å². The minimum Gasteiger partial charge on any atom is -0.463 e. The van der Waals surface area contributed by atoms with E-state index < -0.39 is 0 Å². The molecule has 0 saturated heterocycles. The fourth-order valence-electron chi connectivity index (χ4n) is 1.83. The van der Waals surface area contributed by atoms with Crippen LogP contribution in [-0.4, -0.2) is 21.0 Å². The Morgan fingerprint density at radius 3 is 3.16 bits per heavy atom. The van der Waals surface area contributed by atoms with E-state index in [2.05, 4.69) is 15.3 Å². The van der Waals surface area contributed by atoms with Crippen LogP contribution in [0.25, 0.3) is 11.1 Å². The molecule has 6 nitrogen and oxygen atoms in total. The smallest absolute Gasteiger partial charge is 0.272 e. The summed E-state index contributed by atoms with van der Waals surface area (Å²) in [5.74, 6) is -0.311. The Labute approximate surface area is 108 Å². The van der Waals surface area contributed by atoms with Crippen LogP contribution in [0.4, 0.5) is 5.69 Å². The first-order chi connectivity index (χ1) is 9.28. The number of aromatic nitrogens is 2. The molecule has 0 aliphatic rings. The number of aliphatic hydroxyl groups excluding tert-OH is 1. The molecule has 0 unspecified atom stereocenters. The molecule has 0 atom stereocenters. The first kappa shape index (κ1) is 11.5. The first-order valence-corrected chi connectivity index (χ1v) is 5.69. The van der Waals surface area contributed by atoms with E-state index in [-0.39, 0.29) is 12.5 Å². The number of hydrogen-bond acceptors (Lipinski definition) is 4. The Morgan fingerprint density at radius 2 is 2.37 bits per heavy atom. The number of pyridine rings is 1. The van der Waals surface area contributed by atoms with Gasteiger partial charge in [-0.05, 0) is 6.07 Å². The zero-order valence-electron chi connectivity index (χ0n) is 9.88. The molecule has 0 radical (unpaired) electrons. The van der Waals surface area contributed by atoms with Crippen LogP contribution in [0.2, 0.25) is 0 Å². The van der Waals surface area contributed by atoms with Crippen molar-refractivity contribution in [2.45, 2.75) is 6.61 Å². The van der Waals surface area contributed by atoms with Crippen LogP contribution in [0, 0.1) is 0 Å². The summed E-state index contributed by atoms with van der Waals surface area (Å²) in [6.45, 7) is -0.161. The third-order valence-corrected chi connectivity index (χ3v) is 2.81. The molecule has 6 heteroatoms. The second-order valence-electron chi connectivity index (χ2n) is 4.03. The summed E-state index contributed by atoms with van der Waals surface area (Å²) in [4.78, 5) is 18.9. The average Bonchev–Trinajstić information content (AvgIpc) is 3.00. The number of fused-ring (bicyclic) bond motifs is 1. The Balaban J connectivity index is 1.86. The van der Waals surface area contributed by atoms with Gasteiger partial charge in [0.15, 0.2) is 5.58 Å². The second kappa shape index (κ2) is 4.58. The number of H-pyrrole nitrogens is 1. The minimum absolute atomic E-state index is 0.161. The SMILES string of the molecule is O=C(Nc1cnccc1CO)c1cc2occc2[nH]1. The lowest BCUT2D eigenvalue weighted by Crippen LogP contribution is -2.13. The lowest BCUT2D eigenvalue weighted by molar-refractivity contribution is 0.102. The molecule has 0 bridgehead atoms. The molecule has 1 amide bonds. The Morgan fingerprint density at radius 1 is 1.47 bits per heavy atom. The van der Waals surface area contributed by atoms with Gasteiger partial charge in [0, 0.05) is 23.9 Å². The molecule has 96 valence electrons.